The zero-order valence-corrected chi connectivity index (χ0v) is 21.5. The molecule has 4 rings (SSSR count). The number of carbonyl (C=O) groups excluding carboxylic acids is 2. The van der Waals surface area contributed by atoms with Gasteiger partial charge in [0.25, 0.3) is 11.7 Å². The van der Waals surface area contributed by atoms with Crippen LogP contribution in [0.4, 0.5) is 0 Å². The Morgan fingerprint density at radius 3 is 2.49 bits per heavy atom. The number of likely N-dealkylation sites (tertiary alicyclic amines) is 1. The van der Waals surface area contributed by atoms with Crippen LogP contribution in [0, 0.1) is 0 Å². The van der Waals surface area contributed by atoms with Gasteiger partial charge in [-0.05, 0) is 68.9 Å². The van der Waals surface area contributed by atoms with Gasteiger partial charge in [0.2, 0.25) is 0 Å². The fraction of sp³-hybridized carbons (Fsp3) is 0.429. The first-order valence-electron chi connectivity index (χ1n) is 12.8. The zero-order valence-electron chi connectivity index (χ0n) is 21.5. The predicted octanol–water partition coefficient (Wildman–Crippen LogP) is 3.72. The number of phenols is 1. The van der Waals surface area contributed by atoms with Crippen LogP contribution >= 0.6 is 0 Å². The van der Waals surface area contributed by atoms with E-state index in [2.05, 4.69) is 18.7 Å². The molecule has 1 saturated heterocycles. The van der Waals surface area contributed by atoms with Gasteiger partial charge >= 0.3 is 0 Å². The van der Waals surface area contributed by atoms with Crippen molar-refractivity contribution < 1.29 is 34.0 Å². The van der Waals surface area contributed by atoms with Crippen LogP contribution in [-0.4, -0.2) is 77.7 Å². The fourth-order valence-corrected chi connectivity index (χ4v) is 4.78. The first-order chi connectivity index (χ1) is 17.9. The van der Waals surface area contributed by atoms with Crippen LogP contribution in [0.25, 0.3) is 5.76 Å². The lowest BCUT2D eigenvalue weighted by Gasteiger charge is -2.27. The van der Waals surface area contributed by atoms with E-state index in [0.717, 1.165) is 19.6 Å². The van der Waals surface area contributed by atoms with Crippen molar-refractivity contribution in [3.05, 3.63) is 53.1 Å². The van der Waals surface area contributed by atoms with Gasteiger partial charge in [0, 0.05) is 12.1 Å². The van der Waals surface area contributed by atoms with Crippen molar-refractivity contribution in [3.63, 3.8) is 0 Å². The highest BCUT2D eigenvalue weighted by Crippen LogP contribution is 2.43. The number of aliphatic hydroxyl groups is 1. The number of fused-ring (bicyclic) bond motifs is 1. The molecule has 0 bridgehead atoms. The SMILES string of the molecule is CCOc1cc([C@@H]2C(=C(O)c3ccc4c(c3)OCCO4)C(=O)C(=O)N2CCCN(CC)CC)ccc1O. The molecule has 9 nitrogen and oxygen atoms in total. The van der Waals surface area contributed by atoms with E-state index in [1.54, 1.807) is 37.3 Å². The van der Waals surface area contributed by atoms with Gasteiger partial charge in [-0.25, -0.2) is 0 Å². The molecule has 0 radical (unpaired) electrons. The van der Waals surface area contributed by atoms with Crippen molar-refractivity contribution in [1.82, 2.24) is 9.80 Å². The average Bonchev–Trinajstić information content (AvgIpc) is 3.16. The lowest BCUT2D eigenvalue weighted by molar-refractivity contribution is -0.140. The number of nitrogens with zero attached hydrogens (tertiary/aromatic N) is 2. The Balaban J connectivity index is 1.77. The normalized spacial score (nSPS) is 18.5. The molecule has 9 heteroatoms. The third-order valence-electron chi connectivity index (χ3n) is 6.72. The first kappa shape index (κ1) is 26.3. The topological polar surface area (TPSA) is 109 Å². The molecule has 0 aromatic heterocycles. The van der Waals surface area contributed by atoms with E-state index in [4.69, 9.17) is 14.2 Å². The van der Waals surface area contributed by atoms with Crippen LogP contribution < -0.4 is 14.2 Å². The summed E-state index contributed by atoms with van der Waals surface area (Å²) in [5.41, 5.74) is 0.888. The molecule has 2 heterocycles. The van der Waals surface area contributed by atoms with Gasteiger partial charge in [0.05, 0.1) is 18.2 Å². The second-order valence-corrected chi connectivity index (χ2v) is 8.89. The number of aromatic hydroxyl groups is 1. The number of Topliss-reactive ketones (excluding diaryl/α,β-unsaturated/α-hetero) is 1. The standard InChI is InChI=1S/C28H34N2O7/c1-4-29(5-2)12-7-13-30-25(18-8-10-20(31)22(16-18)35-6-3)24(27(33)28(30)34)26(32)19-9-11-21-23(17-19)37-15-14-36-21/h8-11,16-17,25,31-32H,4-7,12-15H2,1-3H3/t25-/m1/s1. The summed E-state index contributed by atoms with van der Waals surface area (Å²) in [6.07, 6.45) is 0.658. The number of rotatable bonds is 10. The summed E-state index contributed by atoms with van der Waals surface area (Å²) in [6, 6.07) is 8.80. The molecule has 0 aliphatic carbocycles. The van der Waals surface area contributed by atoms with E-state index in [1.807, 2.05) is 0 Å². The highest BCUT2D eigenvalue weighted by Gasteiger charge is 2.46. The second-order valence-electron chi connectivity index (χ2n) is 8.89. The van der Waals surface area contributed by atoms with Gasteiger partial charge in [-0.3, -0.25) is 9.59 Å². The van der Waals surface area contributed by atoms with E-state index in [-0.39, 0.29) is 22.8 Å². The summed E-state index contributed by atoms with van der Waals surface area (Å²) in [5, 5.41) is 21.6. The molecular formula is C28H34N2O7. The largest absolute Gasteiger partial charge is 0.507 e. The summed E-state index contributed by atoms with van der Waals surface area (Å²) in [5.74, 6) is -0.512. The third kappa shape index (κ3) is 5.36. The van der Waals surface area contributed by atoms with Crippen LogP contribution in [0.15, 0.2) is 42.0 Å². The zero-order chi connectivity index (χ0) is 26.5. The molecule has 1 amide bonds. The summed E-state index contributed by atoms with van der Waals surface area (Å²) >= 11 is 0. The van der Waals surface area contributed by atoms with Crippen molar-refractivity contribution in [2.45, 2.75) is 33.2 Å². The van der Waals surface area contributed by atoms with Crippen LogP contribution in [0.1, 0.15) is 44.4 Å². The first-order valence-corrected chi connectivity index (χ1v) is 12.8. The van der Waals surface area contributed by atoms with Gasteiger partial charge < -0.3 is 34.2 Å². The number of ketones is 1. The van der Waals surface area contributed by atoms with Gasteiger partial charge in [-0.15, -0.1) is 0 Å². The monoisotopic (exact) mass is 510 g/mol. The molecule has 0 unspecified atom stereocenters. The summed E-state index contributed by atoms with van der Waals surface area (Å²) < 4.78 is 16.8. The van der Waals surface area contributed by atoms with Crippen molar-refractivity contribution >= 4 is 17.4 Å². The third-order valence-corrected chi connectivity index (χ3v) is 6.72. The number of amides is 1. The van der Waals surface area contributed by atoms with Gasteiger partial charge in [0.1, 0.15) is 19.0 Å². The maximum Gasteiger partial charge on any atom is 0.295 e. The van der Waals surface area contributed by atoms with Crippen LogP contribution in [0.3, 0.4) is 0 Å². The number of benzene rings is 2. The lowest BCUT2D eigenvalue weighted by atomic mass is 9.94. The minimum absolute atomic E-state index is 0.0161. The Hall–Kier alpha value is -3.72. The van der Waals surface area contributed by atoms with Crippen molar-refractivity contribution in [3.8, 4) is 23.0 Å². The van der Waals surface area contributed by atoms with E-state index in [0.29, 0.717) is 55.4 Å². The van der Waals surface area contributed by atoms with E-state index in [9.17, 15) is 19.8 Å². The van der Waals surface area contributed by atoms with E-state index >= 15 is 0 Å². The molecule has 198 valence electrons. The Labute approximate surface area is 216 Å². The number of aliphatic hydroxyl groups excluding tert-OH is 1. The smallest absolute Gasteiger partial charge is 0.295 e. The summed E-state index contributed by atoms with van der Waals surface area (Å²) in [7, 11) is 0. The minimum Gasteiger partial charge on any atom is -0.507 e. The molecule has 2 aliphatic heterocycles. The molecule has 37 heavy (non-hydrogen) atoms. The number of phenolic OH excluding ortho intramolecular Hbond substituents is 1. The molecule has 2 N–H and O–H groups in total. The minimum atomic E-state index is -0.843. The predicted molar refractivity (Wildman–Crippen MR) is 138 cm³/mol. The van der Waals surface area contributed by atoms with Crippen LogP contribution in [0.5, 0.6) is 23.0 Å². The second kappa shape index (κ2) is 11.6. The maximum atomic E-state index is 13.3. The van der Waals surface area contributed by atoms with E-state index < -0.39 is 17.7 Å². The Morgan fingerprint density at radius 1 is 1.05 bits per heavy atom. The Kier molecular flexibility index (Phi) is 8.23. The number of ether oxygens (including phenoxy) is 3. The maximum absolute atomic E-state index is 13.3. The van der Waals surface area contributed by atoms with Gasteiger partial charge in [-0.1, -0.05) is 19.9 Å². The van der Waals surface area contributed by atoms with Crippen molar-refractivity contribution in [2.75, 3.05) is 46.0 Å². The van der Waals surface area contributed by atoms with Crippen LogP contribution in [-0.2, 0) is 9.59 Å². The molecular weight excluding hydrogens is 476 g/mol. The van der Waals surface area contributed by atoms with Gasteiger partial charge in [0.15, 0.2) is 23.0 Å². The average molecular weight is 511 g/mol. The van der Waals surface area contributed by atoms with Crippen molar-refractivity contribution in [2.24, 2.45) is 0 Å². The van der Waals surface area contributed by atoms with Crippen molar-refractivity contribution in [1.29, 1.82) is 0 Å². The Morgan fingerprint density at radius 2 is 1.78 bits per heavy atom. The fourth-order valence-electron chi connectivity index (χ4n) is 4.78. The molecule has 1 atom stereocenters. The molecule has 2 aliphatic rings. The highest BCUT2D eigenvalue weighted by molar-refractivity contribution is 6.46. The van der Waals surface area contributed by atoms with E-state index in [1.165, 1.54) is 11.0 Å². The van der Waals surface area contributed by atoms with Crippen LogP contribution in [0.2, 0.25) is 0 Å². The quantitative estimate of drug-likeness (QED) is 0.283. The molecule has 0 spiro atoms. The molecule has 0 saturated carbocycles. The lowest BCUT2D eigenvalue weighted by Crippen LogP contribution is -2.33. The molecule has 2 aromatic carbocycles. The van der Waals surface area contributed by atoms with Gasteiger partial charge in [-0.2, -0.15) is 0 Å². The highest BCUT2D eigenvalue weighted by atomic mass is 16.6. The number of hydrogen-bond donors (Lipinski definition) is 2. The Bertz CT molecular complexity index is 1190. The molecule has 2 aromatic rings. The molecule has 1 fully saturated rings. The summed E-state index contributed by atoms with van der Waals surface area (Å²) in [6.45, 7) is 9.97. The number of hydrogen-bond acceptors (Lipinski definition) is 8. The summed E-state index contributed by atoms with van der Waals surface area (Å²) in [4.78, 5) is 30.3. The number of carbonyl (C=O) groups is 2.